The molecule has 10 heteroatoms. The topological polar surface area (TPSA) is 101 Å². The number of methoxy groups -OCH3 is 1. The quantitative estimate of drug-likeness (QED) is 0.461. The Morgan fingerprint density at radius 2 is 2.03 bits per heavy atom. The van der Waals surface area contributed by atoms with Gasteiger partial charge in [0.1, 0.15) is 5.56 Å². The van der Waals surface area contributed by atoms with Crippen molar-refractivity contribution >= 4 is 28.5 Å². The zero-order valence-corrected chi connectivity index (χ0v) is 22.6. The van der Waals surface area contributed by atoms with E-state index in [0.717, 1.165) is 11.1 Å². The number of hydrogen-bond donors (Lipinski definition) is 2. The molecular weight excluding hydrogens is 515 g/mol. The average Bonchev–Trinajstić information content (AvgIpc) is 2.92. The molecule has 1 saturated heterocycles. The first kappa shape index (κ1) is 28.4. The van der Waals surface area contributed by atoms with E-state index in [-0.39, 0.29) is 23.4 Å². The number of allylic oxidation sites excluding steroid dienone is 2. The Morgan fingerprint density at radius 3 is 2.63 bits per heavy atom. The van der Waals surface area contributed by atoms with Gasteiger partial charge >= 0.3 is 5.97 Å². The Labute approximate surface area is 225 Å². The summed E-state index contributed by atoms with van der Waals surface area (Å²) in [6, 6.07) is 2.88. The number of carboxylic acids is 1. The second-order valence-electron chi connectivity index (χ2n) is 9.75. The SMILES string of the molecule is CCc1cc2c(cc1CC1C=CC=C(Cl)C1(F)N1CCOCC1)c(=O)c(C(=O)O)cn2[C@H](CO)[C@H](C)OC. The fourth-order valence-electron chi connectivity index (χ4n) is 5.46. The Balaban J connectivity index is 1.87. The predicted molar refractivity (Wildman–Crippen MR) is 144 cm³/mol. The Hall–Kier alpha value is -2.56. The highest BCUT2D eigenvalue weighted by Gasteiger charge is 2.48. The van der Waals surface area contributed by atoms with Gasteiger partial charge in [0.2, 0.25) is 11.2 Å². The van der Waals surface area contributed by atoms with Crippen molar-refractivity contribution in [2.75, 3.05) is 40.0 Å². The lowest BCUT2D eigenvalue weighted by Crippen LogP contribution is -2.55. The number of aryl methyl sites for hydroxylation is 1. The van der Waals surface area contributed by atoms with Gasteiger partial charge in [0.05, 0.1) is 42.5 Å². The summed E-state index contributed by atoms with van der Waals surface area (Å²) in [5.74, 6) is -3.93. The van der Waals surface area contributed by atoms with Crippen molar-refractivity contribution in [2.45, 2.75) is 44.6 Å². The summed E-state index contributed by atoms with van der Waals surface area (Å²) in [7, 11) is 1.50. The number of nitrogens with zero attached hydrogens (tertiary/aromatic N) is 2. The third kappa shape index (κ3) is 5.05. The van der Waals surface area contributed by atoms with Gasteiger partial charge in [-0.05, 0) is 49.1 Å². The number of halogens is 2. The number of rotatable bonds is 9. The number of aromatic carboxylic acids is 1. The molecule has 0 bridgehead atoms. The van der Waals surface area contributed by atoms with Crippen molar-refractivity contribution in [2.24, 2.45) is 5.92 Å². The first-order chi connectivity index (χ1) is 18.2. The van der Waals surface area contributed by atoms with Crippen molar-refractivity contribution < 1.29 is 28.9 Å². The van der Waals surface area contributed by atoms with Crippen LogP contribution in [0.2, 0.25) is 0 Å². The highest BCUT2D eigenvalue weighted by atomic mass is 35.5. The van der Waals surface area contributed by atoms with Crippen LogP contribution in [0.3, 0.4) is 0 Å². The van der Waals surface area contributed by atoms with Gasteiger partial charge in [0.25, 0.3) is 0 Å². The first-order valence-corrected chi connectivity index (χ1v) is 13.2. The lowest BCUT2D eigenvalue weighted by molar-refractivity contribution is -0.0845. The van der Waals surface area contributed by atoms with Crippen LogP contribution in [-0.4, -0.2) is 77.6 Å². The Kier molecular flexibility index (Phi) is 8.74. The highest BCUT2D eigenvalue weighted by molar-refractivity contribution is 6.30. The minimum Gasteiger partial charge on any atom is -0.477 e. The van der Waals surface area contributed by atoms with Crippen molar-refractivity contribution in [1.29, 1.82) is 0 Å². The van der Waals surface area contributed by atoms with E-state index in [0.29, 0.717) is 38.2 Å². The fourth-order valence-corrected chi connectivity index (χ4v) is 5.79. The van der Waals surface area contributed by atoms with Crippen LogP contribution in [0, 0.1) is 5.92 Å². The normalized spacial score (nSPS) is 23.8. The van der Waals surface area contributed by atoms with E-state index in [1.54, 1.807) is 40.7 Å². The third-order valence-corrected chi connectivity index (χ3v) is 8.14. The van der Waals surface area contributed by atoms with Crippen molar-refractivity contribution in [1.82, 2.24) is 9.47 Å². The van der Waals surface area contributed by atoms with Gasteiger partial charge in [0.15, 0.2) is 0 Å². The molecule has 0 saturated carbocycles. The van der Waals surface area contributed by atoms with E-state index in [9.17, 15) is 19.8 Å². The molecule has 1 aromatic carbocycles. The number of ether oxygens (including phenoxy) is 2. The van der Waals surface area contributed by atoms with E-state index < -0.39 is 40.8 Å². The van der Waals surface area contributed by atoms with Crippen LogP contribution < -0.4 is 5.43 Å². The molecule has 2 aromatic rings. The van der Waals surface area contributed by atoms with Gasteiger partial charge in [0, 0.05) is 37.7 Å². The van der Waals surface area contributed by atoms with Crippen molar-refractivity contribution in [3.05, 3.63) is 68.5 Å². The molecule has 2 aliphatic rings. The summed E-state index contributed by atoms with van der Waals surface area (Å²) >= 11 is 6.48. The predicted octanol–water partition coefficient (Wildman–Crippen LogP) is 3.68. The van der Waals surface area contributed by atoms with Gasteiger partial charge < -0.3 is 24.3 Å². The van der Waals surface area contributed by atoms with Gasteiger partial charge in [-0.1, -0.05) is 30.7 Å². The Bertz CT molecular complexity index is 1320. The molecular formula is C28H34ClFN2O6. The molecule has 2 N–H and O–H groups in total. The lowest BCUT2D eigenvalue weighted by Gasteiger charge is -2.44. The molecule has 2 heterocycles. The number of alkyl halides is 1. The number of hydrogen-bond acceptors (Lipinski definition) is 6. The van der Waals surface area contributed by atoms with E-state index in [2.05, 4.69) is 0 Å². The van der Waals surface area contributed by atoms with E-state index in [1.807, 2.05) is 13.0 Å². The molecule has 2 unspecified atom stereocenters. The molecule has 0 spiro atoms. The number of fused-ring (bicyclic) bond motifs is 1. The number of aliphatic hydroxyl groups excluding tert-OH is 1. The molecule has 0 amide bonds. The molecule has 0 radical (unpaired) electrons. The van der Waals surface area contributed by atoms with E-state index in [4.69, 9.17) is 21.1 Å². The standard InChI is InChI=1S/C28H34ClFN2O6/c1-4-18-14-23-21(26(34)22(27(35)36)15-32(23)24(16-33)17(2)37-3)13-19(18)12-20-6-5-7-25(29)28(20,30)31-8-10-38-11-9-31/h5-7,13-15,17,20,24,33H,4,8-12,16H2,1-3H3,(H,35,36)/t17-,20?,24+,28?/m0/s1. The van der Waals surface area contributed by atoms with Crippen LogP contribution in [0.25, 0.3) is 10.9 Å². The molecule has 206 valence electrons. The third-order valence-electron chi connectivity index (χ3n) is 7.75. The van der Waals surface area contributed by atoms with Crippen LogP contribution in [0.15, 0.2) is 46.4 Å². The molecule has 38 heavy (non-hydrogen) atoms. The maximum atomic E-state index is 16.8. The number of carboxylic acid groups (broad SMARTS) is 1. The van der Waals surface area contributed by atoms with Crippen LogP contribution in [-0.2, 0) is 22.3 Å². The Morgan fingerprint density at radius 1 is 1.32 bits per heavy atom. The zero-order chi connectivity index (χ0) is 27.6. The van der Waals surface area contributed by atoms with Crippen LogP contribution in [0.5, 0.6) is 0 Å². The fraction of sp³-hybridized carbons (Fsp3) is 0.500. The number of morpholine rings is 1. The number of aromatic nitrogens is 1. The summed E-state index contributed by atoms with van der Waals surface area (Å²) in [5.41, 5.74) is 1.07. The van der Waals surface area contributed by atoms with Crippen molar-refractivity contribution in [3.8, 4) is 0 Å². The monoisotopic (exact) mass is 548 g/mol. The van der Waals surface area contributed by atoms with Gasteiger partial charge in [-0.3, -0.25) is 9.69 Å². The van der Waals surface area contributed by atoms with E-state index in [1.165, 1.54) is 13.3 Å². The summed E-state index contributed by atoms with van der Waals surface area (Å²) in [5, 5.41) is 20.2. The van der Waals surface area contributed by atoms with Crippen LogP contribution in [0.4, 0.5) is 4.39 Å². The molecule has 1 aromatic heterocycles. The number of pyridine rings is 1. The number of carbonyl (C=O) groups is 1. The van der Waals surface area contributed by atoms with Crippen molar-refractivity contribution in [3.63, 3.8) is 0 Å². The molecule has 1 aliphatic carbocycles. The number of benzene rings is 1. The lowest BCUT2D eigenvalue weighted by atomic mass is 9.83. The smallest absolute Gasteiger partial charge is 0.341 e. The minimum atomic E-state index is -1.93. The van der Waals surface area contributed by atoms with Crippen LogP contribution in [0.1, 0.15) is 41.4 Å². The average molecular weight is 549 g/mol. The largest absolute Gasteiger partial charge is 0.477 e. The molecule has 4 atom stereocenters. The summed E-state index contributed by atoms with van der Waals surface area (Å²) in [6.07, 6.45) is 6.76. The van der Waals surface area contributed by atoms with E-state index >= 15 is 4.39 Å². The van der Waals surface area contributed by atoms with Gasteiger partial charge in [-0.15, -0.1) is 0 Å². The molecule has 8 nitrogen and oxygen atoms in total. The summed E-state index contributed by atoms with van der Waals surface area (Å²) < 4.78 is 29.2. The zero-order valence-electron chi connectivity index (χ0n) is 21.8. The molecule has 4 rings (SSSR count). The number of aliphatic hydroxyl groups is 1. The molecule has 1 fully saturated rings. The highest BCUT2D eigenvalue weighted by Crippen LogP contribution is 2.42. The van der Waals surface area contributed by atoms with Crippen LogP contribution >= 0.6 is 11.6 Å². The maximum absolute atomic E-state index is 16.8. The van der Waals surface area contributed by atoms with Gasteiger partial charge in [-0.25, -0.2) is 9.18 Å². The second-order valence-corrected chi connectivity index (χ2v) is 10.2. The first-order valence-electron chi connectivity index (χ1n) is 12.8. The summed E-state index contributed by atoms with van der Waals surface area (Å²) in [6.45, 7) is 5.02. The maximum Gasteiger partial charge on any atom is 0.341 e. The van der Waals surface area contributed by atoms with Gasteiger partial charge in [-0.2, -0.15) is 0 Å². The molecule has 1 aliphatic heterocycles. The minimum absolute atomic E-state index is 0.0978. The summed E-state index contributed by atoms with van der Waals surface area (Å²) in [4.78, 5) is 27.0. The second kappa shape index (κ2) is 11.7.